The Bertz CT molecular complexity index is 162. The molecule has 15 heavy (non-hydrogen) atoms. The van der Waals surface area contributed by atoms with Gasteiger partial charge in [0.05, 0.1) is 12.9 Å². The molecule has 0 amide bonds. The third kappa shape index (κ3) is 7.33. The van der Waals surface area contributed by atoms with Crippen molar-refractivity contribution in [1.82, 2.24) is 0 Å². The van der Waals surface area contributed by atoms with Crippen LogP contribution in [0.2, 0.25) is 0 Å². The van der Waals surface area contributed by atoms with Crippen LogP contribution in [0, 0.1) is 0 Å². The lowest BCUT2D eigenvalue weighted by molar-refractivity contribution is -0.375. The molecule has 0 fully saturated rings. The van der Waals surface area contributed by atoms with Gasteiger partial charge in [0.1, 0.15) is 13.2 Å². The van der Waals surface area contributed by atoms with Crippen LogP contribution in [0.3, 0.4) is 0 Å². The number of hydrogen-bond acceptors (Lipinski definition) is 5. The number of ether oxygens (including phenoxy) is 4. The summed E-state index contributed by atoms with van der Waals surface area (Å²) in [6.45, 7) is 8.29. The largest absolute Gasteiger partial charge is 0.499 e. The van der Waals surface area contributed by atoms with Gasteiger partial charge in [0, 0.05) is 13.2 Å². The summed E-state index contributed by atoms with van der Waals surface area (Å²) in [5, 5.41) is 9.79. The molecule has 0 aliphatic rings. The van der Waals surface area contributed by atoms with E-state index >= 15 is 0 Å². The van der Waals surface area contributed by atoms with Crippen LogP contribution in [0.1, 0.15) is 13.8 Å². The maximum absolute atomic E-state index is 9.79. The molecule has 0 bridgehead atoms. The molecular formula is C10H20O5. The minimum absolute atomic E-state index is 0.0224. The van der Waals surface area contributed by atoms with Gasteiger partial charge in [0.15, 0.2) is 0 Å². The third-order valence-electron chi connectivity index (χ3n) is 1.51. The predicted molar refractivity (Wildman–Crippen MR) is 55.2 cm³/mol. The van der Waals surface area contributed by atoms with Gasteiger partial charge in [-0.05, 0) is 13.8 Å². The van der Waals surface area contributed by atoms with E-state index < -0.39 is 5.97 Å². The molecule has 0 rings (SSSR count). The van der Waals surface area contributed by atoms with Gasteiger partial charge in [-0.25, -0.2) is 0 Å². The number of aliphatic hydroxyl groups is 1. The molecule has 5 nitrogen and oxygen atoms in total. The Morgan fingerprint density at radius 2 is 1.93 bits per heavy atom. The molecule has 0 aromatic carbocycles. The van der Waals surface area contributed by atoms with Gasteiger partial charge >= 0.3 is 5.97 Å². The van der Waals surface area contributed by atoms with Crippen molar-refractivity contribution >= 4 is 0 Å². The van der Waals surface area contributed by atoms with E-state index in [2.05, 4.69) is 6.58 Å². The Balaban J connectivity index is 3.83. The van der Waals surface area contributed by atoms with Crippen LogP contribution in [-0.4, -0.2) is 44.1 Å². The topological polar surface area (TPSA) is 57.2 Å². The third-order valence-corrected chi connectivity index (χ3v) is 1.51. The van der Waals surface area contributed by atoms with E-state index in [1.165, 1.54) is 6.26 Å². The maximum Gasteiger partial charge on any atom is 0.305 e. The Labute approximate surface area is 90.6 Å². The lowest BCUT2D eigenvalue weighted by atomic mass is 10.5. The summed E-state index contributed by atoms with van der Waals surface area (Å²) in [7, 11) is 0. The van der Waals surface area contributed by atoms with Crippen LogP contribution in [0.25, 0.3) is 0 Å². The molecule has 0 aromatic rings. The Morgan fingerprint density at radius 1 is 1.20 bits per heavy atom. The highest BCUT2D eigenvalue weighted by Gasteiger charge is 2.28. The Morgan fingerprint density at radius 3 is 2.47 bits per heavy atom. The standard InChI is InChI=1S/C10H20O5/c1-4-12-7-8-15-10(11,14-6-3)9-13-5-2/h4,11H,1,5-9H2,2-3H3. The highest BCUT2D eigenvalue weighted by atomic mass is 16.8. The fraction of sp³-hybridized carbons (Fsp3) is 0.800. The van der Waals surface area contributed by atoms with Crippen molar-refractivity contribution in [3.63, 3.8) is 0 Å². The fourth-order valence-corrected chi connectivity index (χ4v) is 0.914. The van der Waals surface area contributed by atoms with Crippen molar-refractivity contribution in [2.45, 2.75) is 19.8 Å². The normalized spacial score (nSPS) is 14.6. The first-order chi connectivity index (χ1) is 7.18. The average molecular weight is 220 g/mol. The molecule has 0 radical (unpaired) electrons. The van der Waals surface area contributed by atoms with Gasteiger partial charge in [-0.3, -0.25) is 0 Å². The van der Waals surface area contributed by atoms with Crippen molar-refractivity contribution in [2.75, 3.05) is 33.0 Å². The van der Waals surface area contributed by atoms with Gasteiger partial charge in [-0.1, -0.05) is 6.58 Å². The second-order valence-electron chi connectivity index (χ2n) is 2.67. The smallest absolute Gasteiger partial charge is 0.305 e. The fourth-order valence-electron chi connectivity index (χ4n) is 0.914. The Kier molecular flexibility index (Phi) is 8.31. The molecule has 1 atom stereocenters. The lowest BCUT2D eigenvalue weighted by Gasteiger charge is -2.26. The van der Waals surface area contributed by atoms with Crippen LogP contribution >= 0.6 is 0 Å². The van der Waals surface area contributed by atoms with Gasteiger partial charge in [0.2, 0.25) is 0 Å². The van der Waals surface area contributed by atoms with Crippen molar-refractivity contribution < 1.29 is 24.1 Å². The van der Waals surface area contributed by atoms with Gasteiger partial charge in [-0.15, -0.1) is 0 Å². The minimum atomic E-state index is -1.69. The molecule has 90 valence electrons. The van der Waals surface area contributed by atoms with E-state index in [0.717, 1.165) is 0 Å². The van der Waals surface area contributed by atoms with Crippen LogP contribution < -0.4 is 0 Å². The molecule has 1 unspecified atom stereocenters. The van der Waals surface area contributed by atoms with E-state index in [4.69, 9.17) is 18.9 Å². The number of rotatable bonds is 10. The summed E-state index contributed by atoms with van der Waals surface area (Å²) in [6.07, 6.45) is 1.31. The quantitative estimate of drug-likeness (QED) is 0.336. The molecule has 0 aliphatic carbocycles. The van der Waals surface area contributed by atoms with Crippen LogP contribution in [-0.2, 0) is 18.9 Å². The van der Waals surface area contributed by atoms with E-state index in [0.29, 0.717) is 19.8 Å². The molecule has 0 aliphatic heterocycles. The molecule has 0 spiro atoms. The van der Waals surface area contributed by atoms with Crippen LogP contribution in [0.4, 0.5) is 0 Å². The maximum atomic E-state index is 9.79. The summed E-state index contributed by atoms with van der Waals surface area (Å²) in [5.41, 5.74) is 0. The molecule has 0 aromatic heterocycles. The number of hydrogen-bond donors (Lipinski definition) is 1. The summed E-state index contributed by atoms with van der Waals surface area (Å²) < 4.78 is 20.0. The zero-order valence-corrected chi connectivity index (χ0v) is 9.40. The van der Waals surface area contributed by atoms with Crippen LogP contribution in [0.5, 0.6) is 0 Å². The summed E-state index contributed by atoms with van der Waals surface area (Å²) in [4.78, 5) is 0. The molecule has 5 heteroatoms. The van der Waals surface area contributed by atoms with Gasteiger partial charge in [0.25, 0.3) is 0 Å². The van der Waals surface area contributed by atoms with Gasteiger partial charge in [-0.2, -0.15) is 0 Å². The van der Waals surface area contributed by atoms with E-state index in [1.54, 1.807) is 6.92 Å². The van der Waals surface area contributed by atoms with E-state index in [-0.39, 0.29) is 13.2 Å². The zero-order chi connectivity index (χ0) is 11.6. The summed E-state index contributed by atoms with van der Waals surface area (Å²) >= 11 is 0. The molecular weight excluding hydrogens is 200 g/mol. The highest BCUT2D eigenvalue weighted by molar-refractivity contribution is 4.54. The van der Waals surface area contributed by atoms with Crippen LogP contribution in [0.15, 0.2) is 12.8 Å². The SMILES string of the molecule is C=COCCOC(O)(COCC)OCC. The zero-order valence-electron chi connectivity index (χ0n) is 9.40. The first-order valence-electron chi connectivity index (χ1n) is 4.99. The second kappa shape index (κ2) is 8.67. The van der Waals surface area contributed by atoms with Crippen molar-refractivity contribution in [3.8, 4) is 0 Å². The second-order valence-corrected chi connectivity index (χ2v) is 2.67. The molecule has 0 saturated carbocycles. The predicted octanol–water partition coefficient (Wildman–Crippen LogP) is 0.882. The lowest BCUT2D eigenvalue weighted by Crippen LogP contribution is -2.41. The van der Waals surface area contributed by atoms with Crippen molar-refractivity contribution in [1.29, 1.82) is 0 Å². The summed E-state index contributed by atoms with van der Waals surface area (Å²) in [5.74, 6) is -1.69. The van der Waals surface area contributed by atoms with Crippen molar-refractivity contribution in [2.24, 2.45) is 0 Å². The highest BCUT2D eigenvalue weighted by Crippen LogP contribution is 2.09. The van der Waals surface area contributed by atoms with E-state index in [1.807, 2.05) is 6.92 Å². The molecule has 1 N–H and O–H groups in total. The molecule has 0 heterocycles. The van der Waals surface area contributed by atoms with E-state index in [9.17, 15) is 5.11 Å². The Hall–Kier alpha value is -0.620. The molecule has 0 saturated heterocycles. The monoisotopic (exact) mass is 220 g/mol. The van der Waals surface area contributed by atoms with Crippen molar-refractivity contribution in [3.05, 3.63) is 12.8 Å². The van der Waals surface area contributed by atoms with Gasteiger partial charge < -0.3 is 24.1 Å². The average Bonchev–Trinajstić information content (AvgIpc) is 2.22. The minimum Gasteiger partial charge on any atom is -0.499 e. The first-order valence-corrected chi connectivity index (χ1v) is 4.99. The first kappa shape index (κ1) is 14.4. The summed E-state index contributed by atoms with van der Waals surface area (Å²) in [6, 6.07) is 0.